The van der Waals surface area contributed by atoms with Crippen LogP contribution < -0.4 is 5.32 Å². The van der Waals surface area contributed by atoms with Crippen LogP contribution >= 0.6 is 0 Å². The van der Waals surface area contributed by atoms with Crippen molar-refractivity contribution in [1.29, 1.82) is 0 Å². The molecule has 126 valence electrons. The van der Waals surface area contributed by atoms with Crippen molar-refractivity contribution < 1.29 is 9.53 Å². The number of aromatic nitrogens is 3. The Hall–Kier alpha value is -3.28. The summed E-state index contributed by atoms with van der Waals surface area (Å²) in [4.78, 5) is 24.5. The van der Waals surface area contributed by atoms with Gasteiger partial charge < -0.3 is 10.1 Å². The fourth-order valence-corrected chi connectivity index (χ4v) is 2.38. The zero-order valence-corrected chi connectivity index (χ0v) is 14.1. The lowest BCUT2D eigenvalue weighted by atomic mass is 10.1. The molecule has 0 aliphatic carbocycles. The Bertz CT molecular complexity index is 879. The van der Waals surface area contributed by atoms with Crippen molar-refractivity contribution >= 4 is 17.5 Å². The van der Waals surface area contributed by atoms with Crippen LogP contribution in [0.2, 0.25) is 0 Å². The van der Waals surface area contributed by atoms with E-state index in [0.717, 1.165) is 22.6 Å². The molecule has 1 N–H and O–H groups in total. The maximum Gasteiger partial charge on any atom is 0.338 e. The zero-order valence-electron chi connectivity index (χ0n) is 14.1. The molecule has 3 aromatic rings. The number of pyridine rings is 1. The molecule has 1 aromatic carbocycles. The first-order valence-electron chi connectivity index (χ1n) is 7.95. The average molecular weight is 334 g/mol. The Balaban J connectivity index is 1.79. The normalized spacial score (nSPS) is 10.3. The lowest BCUT2D eigenvalue weighted by Gasteiger charge is -2.09. The number of carbonyl (C=O) groups is 1. The van der Waals surface area contributed by atoms with E-state index in [9.17, 15) is 4.79 Å². The van der Waals surface area contributed by atoms with Gasteiger partial charge in [0.25, 0.3) is 0 Å². The summed E-state index contributed by atoms with van der Waals surface area (Å²) in [5.74, 6) is 0.336. The fourth-order valence-electron chi connectivity index (χ4n) is 2.38. The number of hydrogen-bond acceptors (Lipinski definition) is 6. The molecule has 0 spiro atoms. The van der Waals surface area contributed by atoms with Crippen LogP contribution in [0.25, 0.3) is 11.3 Å². The molecule has 6 heteroatoms. The van der Waals surface area contributed by atoms with Gasteiger partial charge in [-0.15, -0.1) is 0 Å². The van der Waals surface area contributed by atoms with Gasteiger partial charge in [-0.2, -0.15) is 0 Å². The van der Waals surface area contributed by atoms with E-state index in [1.54, 1.807) is 25.3 Å². The van der Waals surface area contributed by atoms with E-state index >= 15 is 0 Å². The van der Waals surface area contributed by atoms with Crippen molar-refractivity contribution in [2.45, 2.75) is 13.8 Å². The Morgan fingerprint density at radius 2 is 1.92 bits per heavy atom. The fraction of sp³-hybridized carbons (Fsp3) is 0.158. The Morgan fingerprint density at radius 1 is 1.12 bits per heavy atom. The van der Waals surface area contributed by atoms with E-state index in [4.69, 9.17) is 4.74 Å². The largest absolute Gasteiger partial charge is 0.462 e. The van der Waals surface area contributed by atoms with Crippen LogP contribution in [0.15, 0.2) is 55.0 Å². The van der Waals surface area contributed by atoms with Crippen molar-refractivity contribution in [1.82, 2.24) is 15.0 Å². The number of aryl methyl sites for hydroxylation is 1. The number of esters is 1. The van der Waals surface area contributed by atoms with Crippen molar-refractivity contribution in [2.75, 3.05) is 11.9 Å². The van der Waals surface area contributed by atoms with Gasteiger partial charge in [0.1, 0.15) is 12.1 Å². The number of benzene rings is 1. The maximum atomic E-state index is 11.7. The Kier molecular flexibility index (Phi) is 4.99. The third-order valence-corrected chi connectivity index (χ3v) is 3.62. The molecule has 0 unspecified atom stereocenters. The molecule has 6 nitrogen and oxygen atoms in total. The van der Waals surface area contributed by atoms with Gasteiger partial charge in [-0.05, 0) is 50.2 Å². The smallest absolute Gasteiger partial charge is 0.338 e. The monoisotopic (exact) mass is 334 g/mol. The van der Waals surface area contributed by atoms with Gasteiger partial charge in [0.05, 0.1) is 17.9 Å². The van der Waals surface area contributed by atoms with Crippen LogP contribution in [0.4, 0.5) is 11.5 Å². The number of anilines is 2. The minimum Gasteiger partial charge on any atom is -0.462 e. The average Bonchev–Trinajstić information content (AvgIpc) is 2.63. The number of hydrogen-bond donors (Lipinski definition) is 1. The summed E-state index contributed by atoms with van der Waals surface area (Å²) in [6.07, 6.45) is 3.27. The molecule has 0 radical (unpaired) electrons. The molecule has 3 rings (SSSR count). The van der Waals surface area contributed by atoms with Crippen molar-refractivity contribution in [3.63, 3.8) is 0 Å². The van der Waals surface area contributed by atoms with Crippen LogP contribution in [0.3, 0.4) is 0 Å². The zero-order chi connectivity index (χ0) is 17.6. The number of nitrogens with one attached hydrogen (secondary N) is 1. The second kappa shape index (κ2) is 7.53. The van der Waals surface area contributed by atoms with E-state index in [1.807, 2.05) is 37.3 Å². The van der Waals surface area contributed by atoms with Crippen LogP contribution in [-0.4, -0.2) is 27.5 Å². The van der Waals surface area contributed by atoms with E-state index in [-0.39, 0.29) is 5.97 Å². The van der Waals surface area contributed by atoms with E-state index in [1.165, 1.54) is 6.33 Å². The van der Waals surface area contributed by atoms with Gasteiger partial charge in [0.15, 0.2) is 0 Å². The van der Waals surface area contributed by atoms with Crippen LogP contribution in [0, 0.1) is 6.92 Å². The highest BCUT2D eigenvalue weighted by Gasteiger charge is 2.08. The first kappa shape index (κ1) is 16.6. The highest BCUT2D eigenvalue weighted by molar-refractivity contribution is 5.89. The SMILES string of the molecule is CCOC(=O)c1ccc(Nc2cc(-c3cccnc3C)ncn2)cc1. The predicted molar refractivity (Wildman–Crippen MR) is 95.7 cm³/mol. The molecule has 0 aliphatic heterocycles. The highest BCUT2D eigenvalue weighted by Crippen LogP contribution is 2.23. The van der Waals surface area contributed by atoms with E-state index < -0.39 is 0 Å². The summed E-state index contributed by atoms with van der Waals surface area (Å²) in [6.45, 7) is 4.08. The first-order chi connectivity index (χ1) is 12.2. The molecule has 0 saturated carbocycles. The number of ether oxygens (including phenoxy) is 1. The molecular weight excluding hydrogens is 316 g/mol. The third-order valence-electron chi connectivity index (χ3n) is 3.62. The number of carbonyl (C=O) groups excluding carboxylic acids is 1. The Morgan fingerprint density at radius 3 is 2.64 bits per heavy atom. The van der Waals surface area contributed by atoms with E-state index in [2.05, 4.69) is 20.3 Å². The molecule has 2 aromatic heterocycles. The summed E-state index contributed by atoms with van der Waals surface area (Å²) in [5, 5.41) is 3.21. The summed E-state index contributed by atoms with van der Waals surface area (Å²) in [7, 11) is 0. The standard InChI is InChI=1S/C19H18N4O2/c1-3-25-19(24)14-6-8-15(9-7-14)23-18-11-17(21-12-22-18)16-5-4-10-20-13(16)2/h4-12H,3H2,1-2H3,(H,21,22,23). The minimum absolute atomic E-state index is 0.328. The molecular formula is C19H18N4O2. The molecule has 25 heavy (non-hydrogen) atoms. The van der Waals surface area contributed by atoms with Gasteiger partial charge in [-0.25, -0.2) is 14.8 Å². The summed E-state index contributed by atoms with van der Waals surface area (Å²) >= 11 is 0. The quantitative estimate of drug-likeness (QED) is 0.716. The number of nitrogens with zero attached hydrogens (tertiary/aromatic N) is 3. The van der Waals surface area contributed by atoms with Gasteiger partial charge in [0.2, 0.25) is 0 Å². The summed E-state index contributed by atoms with van der Waals surface area (Å²) in [6, 6.07) is 12.8. The van der Waals surface area contributed by atoms with Gasteiger partial charge in [-0.1, -0.05) is 0 Å². The molecule has 0 aliphatic rings. The topological polar surface area (TPSA) is 77.0 Å². The predicted octanol–water partition coefficient (Wildman–Crippen LogP) is 3.77. The lowest BCUT2D eigenvalue weighted by molar-refractivity contribution is 0.0526. The third kappa shape index (κ3) is 3.98. The summed E-state index contributed by atoms with van der Waals surface area (Å²) in [5.41, 5.74) is 4.00. The molecule has 0 bridgehead atoms. The second-order valence-corrected chi connectivity index (χ2v) is 5.35. The molecule has 0 saturated heterocycles. The highest BCUT2D eigenvalue weighted by atomic mass is 16.5. The Labute approximate surface area is 145 Å². The molecule has 0 amide bonds. The van der Waals surface area contributed by atoms with Crippen molar-refractivity contribution in [2.24, 2.45) is 0 Å². The van der Waals surface area contributed by atoms with Crippen molar-refractivity contribution in [3.05, 3.63) is 66.2 Å². The van der Waals surface area contributed by atoms with Crippen molar-refractivity contribution in [3.8, 4) is 11.3 Å². The van der Waals surface area contributed by atoms with Crippen LogP contribution in [-0.2, 0) is 4.74 Å². The first-order valence-corrected chi connectivity index (χ1v) is 7.95. The van der Waals surface area contributed by atoms with Crippen LogP contribution in [0.1, 0.15) is 23.0 Å². The molecule has 2 heterocycles. The minimum atomic E-state index is -0.328. The van der Waals surface area contributed by atoms with Gasteiger partial charge in [0, 0.05) is 29.2 Å². The second-order valence-electron chi connectivity index (χ2n) is 5.35. The van der Waals surface area contributed by atoms with Gasteiger partial charge in [-0.3, -0.25) is 4.98 Å². The maximum absolute atomic E-state index is 11.7. The molecule has 0 atom stereocenters. The van der Waals surface area contributed by atoms with E-state index in [0.29, 0.717) is 18.0 Å². The number of rotatable bonds is 5. The van der Waals surface area contributed by atoms with Crippen LogP contribution in [0.5, 0.6) is 0 Å². The lowest BCUT2D eigenvalue weighted by Crippen LogP contribution is -2.04. The summed E-state index contributed by atoms with van der Waals surface area (Å²) < 4.78 is 4.98. The van der Waals surface area contributed by atoms with Gasteiger partial charge >= 0.3 is 5.97 Å². The molecule has 0 fully saturated rings.